The van der Waals surface area contributed by atoms with Gasteiger partial charge in [0.2, 0.25) is 5.95 Å². The third kappa shape index (κ3) is 7.72. The van der Waals surface area contributed by atoms with Gasteiger partial charge >= 0.3 is 0 Å². The number of benzene rings is 2. The second-order valence-corrected chi connectivity index (χ2v) is 14.6. The van der Waals surface area contributed by atoms with Crippen molar-refractivity contribution in [2.75, 3.05) is 51.8 Å². The first-order valence-electron chi connectivity index (χ1n) is 16.0. The monoisotopic (exact) mass is 715 g/mol. The average molecular weight is 716 g/mol. The minimum atomic E-state index is -1.46. The Balaban J connectivity index is 1.21. The smallest absolute Gasteiger partial charge is 0.229 e. The largest absolute Gasteiger partial charge is 0.404 e. The second-order valence-electron chi connectivity index (χ2n) is 11.9. The van der Waals surface area contributed by atoms with Crippen LogP contribution in [0.4, 0.5) is 16.0 Å². The number of fused-ring (bicyclic) bond motifs is 1. The van der Waals surface area contributed by atoms with Crippen LogP contribution in [-0.4, -0.2) is 79.4 Å². The van der Waals surface area contributed by atoms with Crippen molar-refractivity contribution >= 4 is 57.2 Å². The second kappa shape index (κ2) is 15.2. The van der Waals surface area contributed by atoms with Gasteiger partial charge < -0.3 is 24.3 Å². The van der Waals surface area contributed by atoms with Gasteiger partial charge in [-0.1, -0.05) is 36.5 Å². The van der Waals surface area contributed by atoms with Gasteiger partial charge in [0.15, 0.2) is 16.6 Å². The van der Waals surface area contributed by atoms with Crippen molar-refractivity contribution in [1.29, 1.82) is 0 Å². The number of pyridine rings is 1. The molecule has 10 nitrogen and oxygen atoms in total. The van der Waals surface area contributed by atoms with E-state index in [0.29, 0.717) is 64.4 Å². The maximum absolute atomic E-state index is 14.1. The van der Waals surface area contributed by atoms with E-state index in [2.05, 4.69) is 63.5 Å². The molecule has 252 valence electrons. The number of hydrogen-bond acceptors (Lipinski definition) is 10. The molecule has 14 heteroatoms. The Hall–Kier alpha value is -4.10. The molecule has 1 N–H and O–H groups in total. The molecule has 3 aromatic heterocycles. The Labute approximate surface area is 295 Å². The lowest BCUT2D eigenvalue weighted by molar-refractivity contribution is 0.0751. The van der Waals surface area contributed by atoms with E-state index in [9.17, 15) is 8.60 Å². The summed E-state index contributed by atoms with van der Waals surface area (Å²) < 4.78 is 42.7. The molecule has 2 aromatic carbocycles. The van der Waals surface area contributed by atoms with E-state index >= 15 is 0 Å². The Morgan fingerprint density at radius 1 is 1.10 bits per heavy atom. The van der Waals surface area contributed by atoms with Crippen molar-refractivity contribution in [2.45, 2.75) is 30.3 Å². The quantitative estimate of drug-likeness (QED) is 0.151. The molecule has 0 aliphatic carbocycles. The van der Waals surface area contributed by atoms with Gasteiger partial charge in [-0.25, -0.2) is 22.9 Å². The minimum absolute atomic E-state index is 0.0212. The Kier molecular flexibility index (Phi) is 10.4. The summed E-state index contributed by atoms with van der Waals surface area (Å²) in [5.74, 6) is 3.43. The van der Waals surface area contributed by atoms with Gasteiger partial charge in [0.05, 0.1) is 35.7 Å². The summed E-state index contributed by atoms with van der Waals surface area (Å²) in [5.41, 5.74) is 4.96. The van der Waals surface area contributed by atoms with Crippen LogP contribution in [0.2, 0.25) is 0 Å². The molecule has 0 saturated carbocycles. The van der Waals surface area contributed by atoms with Gasteiger partial charge in [-0.2, -0.15) is 4.98 Å². The fourth-order valence-corrected chi connectivity index (χ4v) is 8.37. The van der Waals surface area contributed by atoms with Gasteiger partial charge in [0.1, 0.15) is 27.4 Å². The molecule has 5 heterocycles. The van der Waals surface area contributed by atoms with Crippen molar-refractivity contribution in [3.63, 3.8) is 0 Å². The van der Waals surface area contributed by atoms with Crippen LogP contribution in [0.3, 0.4) is 0 Å². The van der Waals surface area contributed by atoms with Gasteiger partial charge in [-0.05, 0) is 80.7 Å². The van der Waals surface area contributed by atoms with Crippen LogP contribution in [0, 0.1) is 22.5 Å². The highest BCUT2D eigenvalue weighted by Crippen LogP contribution is 2.29. The lowest BCUT2D eigenvalue weighted by atomic mass is 9.89. The van der Waals surface area contributed by atoms with Crippen LogP contribution in [0.15, 0.2) is 71.3 Å². The number of hydrogen-bond donors (Lipinski definition) is 1. The van der Waals surface area contributed by atoms with Crippen LogP contribution in [0.5, 0.6) is 5.75 Å². The van der Waals surface area contributed by atoms with Gasteiger partial charge in [0, 0.05) is 30.4 Å². The molecule has 0 radical (unpaired) electrons. The molecular formula is C35H34FN7O3S3. The van der Waals surface area contributed by atoms with Crippen LogP contribution in [0.25, 0.3) is 11.0 Å². The predicted molar refractivity (Wildman–Crippen MR) is 191 cm³/mol. The molecule has 2 aliphatic heterocycles. The number of para-hydroxylation sites is 1. The topological polar surface area (TPSA) is 97.6 Å². The summed E-state index contributed by atoms with van der Waals surface area (Å²) in [6.45, 7) is 4.63. The lowest BCUT2D eigenvalue weighted by Gasteiger charge is -2.29. The van der Waals surface area contributed by atoms with Crippen molar-refractivity contribution in [1.82, 2.24) is 28.7 Å². The number of thiazole rings is 1. The number of nitrogens with one attached hydrogen (secondary N) is 1. The summed E-state index contributed by atoms with van der Waals surface area (Å²) >= 11 is 7.37. The molecule has 5 aromatic rings. The van der Waals surface area contributed by atoms with Crippen molar-refractivity contribution in [3.05, 3.63) is 92.8 Å². The molecule has 0 amide bonds. The zero-order chi connectivity index (χ0) is 33.7. The van der Waals surface area contributed by atoms with Crippen LogP contribution in [0.1, 0.15) is 34.8 Å². The van der Waals surface area contributed by atoms with Crippen molar-refractivity contribution in [2.24, 2.45) is 0 Å². The van der Waals surface area contributed by atoms with Crippen molar-refractivity contribution < 1.29 is 18.1 Å². The summed E-state index contributed by atoms with van der Waals surface area (Å²) in [6.07, 6.45) is 6.62. The maximum Gasteiger partial charge on any atom is 0.229 e. The molecule has 2 aliphatic rings. The van der Waals surface area contributed by atoms with Crippen LogP contribution in [-0.2, 0) is 22.3 Å². The highest BCUT2D eigenvalue weighted by molar-refractivity contribution is 7.82. The van der Waals surface area contributed by atoms with E-state index in [1.165, 1.54) is 29.0 Å². The molecule has 0 spiro atoms. The SMILES string of the molecule is CN1CCC(c2ccc(Nc3ncc4cc(C#COc5ccccc5F)c(=S)n(Cc5scnc5S(=O)N5CCOCC5)c4n3)cc2)CC1. The molecule has 1 atom stereocenters. The number of rotatable bonds is 8. The normalized spacial score (nSPS) is 16.6. The number of nitrogens with zero attached hydrogens (tertiary/aromatic N) is 6. The van der Waals surface area contributed by atoms with Gasteiger partial charge in [-0.3, -0.25) is 0 Å². The number of anilines is 2. The van der Waals surface area contributed by atoms with Crippen molar-refractivity contribution in [3.8, 4) is 17.8 Å². The highest BCUT2D eigenvalue weighted by atomic mass is 32.2. The summed E-state index contributed by atoms with van der Waals surface area (Å²) in [6, 6.07) is 16.3. The standard InChI is InChI=1S/C35H34FN7O3S3/c1-41-13-10-25(11-14-41)24-6-8-28(9-7-24)39-35-37-21-27-20-26(12-17-46-30-5-3-2-4-29(30)36)34(47)43(32(27)40-35)22-31-33(38-23-48-31)49(44)42-15-18-45-19-16-42/h2-9,20-21,23,25H,10-11,13-16,18-19,22H2,1H3,(H,37,39,40). The number of morpholine rings is 1. The summed E-state index contributed by atoms with van der Waals surface area (Å²) in [4.78, 5) is 17.1. The number of aromatic nitrogens is 4. The van der Waals surface area contributed by atoms with E-state index in [-0.39, 0.29) is 12.3 Å². The first-order chi connectivity index (χ1) is 23.9. The average Bonchev–Trinajstić information content (AvgIpc) is 3.60. The number of likely N-dealkylation sites (tertiary alicyclic amines) is 1. The molecule has 2 saturated heterocycles. The molecule has 0 bridgehead atoms. The third-order valence-corrected chi connectivity index (χ3v) is 11.5. The number of halogens is 1. The number of ether oxygens (including phenoxy) is 2. The van der Waals surface area contributed by atoms with Gasteiger partial charge in [-0.15, -0.1) is 11.3 Å². The molecule has 7 rings (SSSR count). The zero-order valence-corrected chi connectivity index (χ0v) is 29.3. The molecule has 49 heavy (non-hydrogen) atoms. The van der Waals surface area contributed by atoms with E-state index in [1.807, 2.05) is 8.87 Å². The van der Waals surface area contributed by atoms with Crippen LogP contribution < -0.4 is 10.1 Å². The first kappa shape index (κ1) is 33.4. The van der Waals surface area contributed by atoms with E-state index in [4.69, 9.17) is 26.7 Å². The fraction of sp³-hybridized carbons (Fsp3) is 0.314. The van der Waals surface area contributed by atoms with E-state index in [1.54, 1.807) is 29.9 Å². The molecule has 1 unspecified atom stereocenters. The third-order valence-electron chi connectivity index (χ3n) is 8.64. The van der Waals surface area contributed by atoms with E-state index in [0.717, 1.165) is 36.5 Å². The highest BCUT2D eigenvalue weighted by Gasteiger charge is 2.24. The first-order valence-corrected chi connectivity index (χ1v) is 18.4. The van der Waals surface area contributed by atoms with Gasteiger partial charge in [0.25, 0.3) is 0 Å². The number of piperidine rings is 1. The summed E-state index contributed by atoms with van der Waals surface area (Å²) in [7, 11) is 0.711. The Morgan fingerprint density at radius 3 is 2.65 bits per heavy atom. The summed E-state index contributed by atoms with van der Waals surface area (Å²) in [5, 5.41) is 4.52. The molecule has 2 fully saturated rings. The van der Waals surface area contributed by atoms with E-state index < -0.39 is 16.8 Å². The zero-order valence-electron chi connectivity index (χ0n) is 26.8. The predicted octanol–water partition coefficient (Wildman–Crippen LogP) is 6.10. The lowest BCUT2D eigenvalue weighted by Crippen LogP contribution is -2.37. The molecular weight excluding hydrogens is 682 g/mol. The Bertz CT molecular complexity index is 2100. The maximum atomic E-state index is 14.1. The fourth-order valence-electron chi connectivity index (χ4n) is 5.91. The Morgan fingerprint density at radius 2 is 1.88 bits per heavy atom. The van der Waals surface area contributed by atoms with Crippen LogP contribution >= 0.6 is 23.6 Å². The minimum Gasteiger partial charge on any atom is -0.404 e.